The Kier molecular flexibility index (Phi) is 3.62. The van der Waals surface area contributed by atoms with Gasteiger partial charge in [0.2, 0.25) is 6.35 Å². The summed E-state index contributed by atoms with van der Waals surface area (Å²) in [5, 5.41) is 0. The van der Waals surface area contributed by atoms with Gasteiger partial charge < -0.3 is 10.5 Å². The van der Waals surface area contributed by atoms with E-state index in [2.05, 4.69) is 9.98 Å². The van der Waals surface area contributed by atoms with Crippen LogP contribution in [-0.2, 0) is 16.5 Å². The smallest absolute Gasteiger partial charge is 0.339 e. The number of rotatable bonds is 1. The van der Waals surface area contributed by atoms with Crippen molar-refractivity contribution >= 4 is 5.71 Å². The SMILES string of the molecule is Cc1ccc(C(F)(F)F)nc1C1(N)C=CC2=NC(N)OCC2=C1. The van der Waals surface area contributed by atoms with Crippen molar-refractivity contribution < 1.29 is 17.9 Å². The quantitative estimate of drug-likeness (QED) is 0.824. The summed E-state index contributed by atoms with van der Waals surface area (Å²) in [4.78, 5) is 7.84. The lowest BCUT2D eigenvalue weighted by atomic mass is 9.84. The summed E-state index contributed by atoms with van der Waals surface area (Å²) in [6.07, 6.45) is -0.446. The minimum Gasteiger partial charge on any atom is -0.339 e. The van der Waals surface area contributed by atoms with Crippen LogP contribution >= 0.6 is 0 Å². The monoisotopic (exact) mass is 324 g/mol. The number of fused-ring (bicyclic) bond motifs is 1. The first-order valence-electron chi connectivity index (χ1n) is 6.89. The van der Waals surface area contributed by atoms with E-state index < -0.39 is 23.8 Å². The molecule has 0 bridgehead atoms. The third-order valence-electron chi connectivity index (χ3n) is 3.73. The topological polar surface area (TPSA) is 86.5 Å². The third-order valence-corrected chi connectivity index (χ3v) is 3.73. The summed E-state index contributed by atoms with van der Waals surface area (Å²) >= 11 is 0. The number of hydrogen-bond acceptors (Lipinski definition) is 5. The molecule has 0 aromatic carbocycles. The Morgan fingerprint density at radius 3 is 2.78 bits per heavy atom. The summed E-state index contributed by atoms with van der Waals surface area (Å²) in [5.74, 6) is 0. The molecule has 8 heteroatoms. The van der Waals surface area contributed by atoms with Crippen molar-refractivity contribution in [1.82, 2.24) is 4.98 Å². The fourth-order valence-electron chi connectivity index (χ4n) is 2.60. The van der Waals surface area contributed by atoms with E-state index in [1.807, 2.05) is 0 Å². The number of halogens is 3. The largest absolute Gasteiger partial charge is 0.433 e. The van der Waals surface area contributed by atoms with Gasteiger partial charge >= 0.3 is 6.18 Å². The van der Waals surface area contributed by atoms with Crippen LogP contribution < -0.4 is 11.5 Å². The molecule has 2 heterocycles. The van der Waals surface area contributed by atoms with Crippen LogP contribution in [0.2, 0.25) is 0 Å². The maximum absolute atomic E-state index is 12.9. The number of aromatic nitrogens is 1. The molecule has 0 radical (unpaired) electrons. The normalized spacial score (nSPS) is 27.3. The van der Waals surface area contributed by atoms with Gasteiger partial charge in [-0.3, -0.25) is 5.73 Å². The second kappa shape index (κ2) is 5.26. The van der Waals surface area contributed by atoms with Gasteiger partial charge in [-0.2, -0.15) is 13.2 Å². The van der Waals surface area contributed by atoms with Crippen molar-refractivity contribution in [2.75, 3.05) is 6.61 Å². The lowest BCUT2D eigenvalue weighted by molar-refractivity contribution is -0.141. The number of hydrogen-bond donors (Lipinski definition) is 2. The van der Waals surface area contributed by atoms with Gasteiger partial charge in [-0.1, -0.05) is 12.1 Å². The number of alkyl halides is 3. The summed E-state index contributed by atoms with van der Waals surface area (Å²) in [5.41, 5.74) is 11.6. The number of ether oxygens (including phenoxy) is 1. The van der Waals surface area contributed by atoms with Gasteiger partial charge in [-0.15, -0.1) is 0 Å². The minimum atomic E-state index is -4.53. The van der Waals surface area contributed by atoms with E-state index in [-0.39, 0.29) is 12.3 Å². The van der Waals surface area contributed by atoms with Crippen molar-refractivity contribution in [3.05, 3.63) is 52.9 Å². The van der Waals surface area contributed by atoms with E-state index in [1.54, 1.807) is 25.2 Å². The highest BCUT2D eigenvalue weighted by atomic mass is 19.4. The van der Waals surface area contributed by atoms with Crippen molar-refractivity contribution in [3.8, 4) is 0 Å². The third kappa shape index (κ3) is 2.92. The summed E-state index contributed by atoms with van der Waals surface area (Å²) < 4.78 is 44.0. The van der Waals surface area contributed by atoms with Crippen molar-refractivity contribution in [2.45, 2.75) is 25.0 Å². The van der Waals surface area contributed by atoms with Gasteiger partial charge in [0.15, 0.2) is 0 Å². The minimum absolute atomic E-state index is 0.144. The number of aryl methyl sites for hydroxylation is 1. The second-order valence-electron chi connectivity index (χ2n) is 5.51. The Morgan fingerprint density at radius 1 is 1.35 bits per heavy atom. The molecule has 0 amide bonds. The molecule has 5 nitrogen and oxygen atoms in total. The molecule has 1 aliphatic heterocycles. The first-order valence-corrected chi connectivity index (χ1v) is 6.89. The van der Waals surface area contributed by atoms with E-state index in [1.165, 1.54) is 6.07 Å². The average molecular weight is 324 g/mol. The van der Waals surface area contributed by atoms with Crippen LogP contribution in [0.25, 0.3) is 0 Å². The van der Waals surface area contributed by atoms with E-state index >= 15 is 0 Å². The van der Waals surface area contributed by atoms with Crippen LogP contribution in [0.15, 0.2) is 40.9 Å². The number of allylic oxidation sites excluding steroid dienone is 1. The number of nitrogens with zero attached hydrogens (tertiary/aromatic N) is 2. The second-order valence-corrected chi connectivity index (χ2v) is 5.51. The Hall–Kier alpha value is -2.03. The summed E-state index contributed by atoms with van der Waals surface area (Å²) in [6.45, 7) is 1.86. The van der Waals surface area contributed by atoms with Crippen LogP contribution in [0.5, 0.6) is 0 Å². The van der Waals surface area contributed by atoms with Crippen molar-refractivity contribution in [3.63, 3.8) is 0 Å². The molecule has 1 aromatic heterocycles. The molecule has 4 N–H and O–H groups in total. The van der Waals surface area contributed by atoms with Gasteiger partial charge in [0, 0.05) is 5.57 Å². The van der Waals surface area contributed by atoms with E-state index in [0.717, 1.165) is 6.07 Å². The van der Waals surface area contributed by atoms with Crippen LogP contribution in [0.4, 0.5) is 13.2 Å². The number of aliphatic imine (C=N–C) groups is 1. The standard InChI is InChI=1S/C15H15F3N4O/c1-8-2-3-11(15(16,17)18)22-12(8)14(20)5-4-10-9(6-14)7-23-13(19)21-10/h2-6,13H,7,19-20H2,1H3. The van der Waals surface area contributed by atoms with Gasteiger partial charge in [0.05, 0.1) is 23.6 Å². The van der Waals surface area contributed by atoms with Crippen molar-refractivity contribution in [1.29, 1.82) is 0 Å². The van der Waals surface area contributed by atoms with Crippen molar-refractivity contribution in [2.24, 2.45) is 16.5 Å². The highest BCUT2D eigenvalue weighted by Crippen LogP contribution is 2.33. The zero-order valence-corrected chi connectivity index (χ0v) is 12.3. The predicted octanol–water partition coefficient (Wildman–Crippen LogP) is 1.77. The Labute approximate surface area is 130 Å². The van der Waals surface area contributed by atoms with Gasteiger partial charge in [0.1, 0.15) is 5.69 Å². The molecule has 3 rings (SSSR count). The zero-order chi connectivity index (χ0) is 16.8. The Bertz CT molecular complexity index is 739. The fourth-order valence-corrected chi connectivity index (χ4v) is 2.60. The van der Waals surface area contributed by atoms with E-state index in [0.29, 0.717) is 16.8 Å². The first-order chi connectivity index (χ1) is 10.7. The van der Waals surface area contributed by atoms with Gasteiger partial charge in [-0.25, -0.2) is 9.98 Å². The number of nitrogens with two attached hydrogens (primary N) is 2. The number of pyridine rings is 1. The Balaban J connectivity index is 2.07. The van der Waals surface area contributed by atoms with Crippen LogP contribution in [0.1, 0.15) is 17.0 Å². The van der Waals surface area contributed by atoms with Crippen LogP contribution in [0, 0.1) is 6.92 Å². The molecule has 2 atom stereocenters. The maximum atomic E-state index is 12.9. The maximum Gasteiger partial charge on any atom is 0.433 e. The first kappa shape index (κ1) is 15.9. The molecular weight excluding hydrogens is 309 g/mol. The lowest BCUT2D eigenvalue weighted by Gasteiger charge is -2.31. The molecule has 122 valence electrons. The fraction of sp³-hybridized carbons (Fsp3) is 0.333. The molecule has 0 spiro atoms. The van der Waals surface area contributed by atoms with Gasteiger partial charge in [-0.05, 0) is 30.7 Å². The molecule has 0 fully saturated rings. The lowest BCUT2D eigenvalue weighted by Crippen LogP contribution is -2.40. The summed E-state index contributed by atoms with van der Waals surface area (Å²) in [6, 6.07) is 2.31. The molecule has 1 aromatic rings. The highest BCUT2D eigenvalue weighted by molar-refractivity contribution is 6.10. The predicted molar refractivity (Wildman–Crippen MR) is 78.4 cm³/mol. The Morgan fingerprint density at radius 2 is 2.09 bits per heavy atom. The van der Waals surface area contributed by atoms with Gasteiger partial charge in [0.25, 0.3) is 0 Å². The molecule has 1 aliphatic carbocycles. The molecule has 0 saturated heterocycles. The molecule has 2 aliphatic rings. The average Bonchev–Trinajstić information content (AvgIpc) is 2.47. The van der Waals surface area contributed by atoms with E-state index in [4.69, 9.17) is 16.2 Å². The van der Waals surface area contributed by atoms with E-state index in [9.17, 15) is 13.2 Å². The molecule has 23 heavy (non-hydrogen) atoms. The molecule has 0 saturated carbocycles. The van der Waals surface area contributed by atoms with Crippen LogP contribution in [0.3, 0.4) is 0 Å². The zero-order valence-electron chi connectivity index (χ0n) is 12.3. The molecule has 2 unspecified atom stereocenters. The summed E-state index contributed by atoms with van der Waals surface area (Å²) in [7, 11) is 0. The highest BCUT2D eigenvalue weighted by Gasteiger charge is 2.36. The molecular formula is C15H15F3N4O. The van der Waals surface area contributed by atoms with Crippen LogP contribution in [-0.4, -0.2) is 23.7 Å².